The first-order valence-corrected chi connectivity index (χ1v) is 13.6. The Morgan fingerprint density at radius 1 is 1.13 bits per heavy atom. The highest BCUT2D eigenvalue weighted by molar-refractivity contribution is 7.99. The summed E-state index contributed by atoms with van der Waals surface area (Å²) in [5, 5.41) is 1.59. The average molecular weight is 478 g/mol. The van der Waals surface area contributed by atoms with Crippen molar-refractivity contribution in [2.45, 2.75) is 61.6 Å². The molecule has 4 heterocycles. The second-order valence-electron chi connectivity index (χ2n) is 7.84. The van der Waals surface area contributed by atoms with Gasteiger partial charge in [0.1, 0.15) is 21.4 Å². The number of nitrogens with two attached hydrogens (primary N) is 1. The zero-order valence-corrected chi connectivity index (χ0v) is 20.4. The van der Waals surface area contributed by atoms with Gasteiger partial charge in [-0.15, -0.1) is 11.3 Å². The van der Waals surface area contributed by atoms with E-state index in [0.29, 0.717) is 24.7 Å². The lowest BCUT2D eigenvalue weighted by Gasteiger charge is -2.19. The number of hydrogen-bond donors (Lipinski definition) is 1. The molecule has 1 aliphatic rings. The molecule has 0 bridgehead atoms. The van der Waals surface area contributed by atoms with Gasteiger partial charge in [-0.05, 0) is 51.3 Å². The molecule has 1 saturated heterocycles. The number of sulfonamides is 1. The van der Waals surface area contributed by atoms with Gasteiger partial charge in [0, 0.05) is 24.2 Å². The fourth-order valence-corrected chi connectivity index (χ4v) is 7.07. The summed E-state index contributed by atoms with van der Waals surface area (Å²) in [4.78, 5) is 16.0. The van der Waals surface area contributed by atoms with E-state index in [1.807, 2.05) is 13.8 Å². The van der Waals surface area contributed by atoms with E-state index in [1.54, 1.807) is 27.8 Å². The normalized spacial score (nSPS) is 17.0. The molecule has 2 N–H and O–H groups in total. The first kappa shape index (κ1) is 22.4. The van der Waals surface area contributed by atoms with E-state index in [9.17, 15) is 8.42 Å². The molecule has 4 rings (SSSR count). The van der Waals surface area contributed by atoms with Gasteiger partial charge < -0.3 is 5.73 Å². The van der Waals surface area contributed by atoms with Crippen molar-refractivity contribution in [1.29, 1.82) is 0 Å². The van der Waals surface area contributed by atoms with Crippen LogP contribution in [0.3, 0.4) is 0 Å². The van der Waals surface area contributed by atoms with Gasteiger partial charge in [0.05, 0.1) is 15.7 Å². The highest BCUT2D eigenvalue weighted by Gasteiger charge is 2.25. The number of thioether (sulfide) groups is 1. The summed E-state index contributed by atoms with van der Waals surface area (Å²) in [6.07, 6.45) is 5.45. The van der Waals surface area contributed by atoms with Gasteiger partial charge in [-0.3, -0.25) is 0 Å². The number of rotatable bonds is 5. The molecule has 166 valence electrons. The van der Waals surface area contributed by atoms with E-state index in [-0.39, 0.29) is 10.1 Å². The Balaban J connectivity index is 1.52. The van der Waals surface area contributed by atoms with Crippen LogP contribution >= 0.6 is 23.1 Å². The molecular formula is C21H27N5O2S3. The van der Waals surface area contributed by atoms with Gasteiger partial charge in [0.15, 0.2) is 0 Å². The van der Waals surface area contributed by atoms with Crippen molar-refractivity contribution < 1.29 is 8.42 Å². The maximum absolute atomic E-state index is 12.9. The molecular weight excluding hydrogens is 450 g/mol. The van der Waals surface area contributed by atoms with Gasteiger partial charge in [-0.2, -0.15) is 4.31 Å². The Hall–Kier alpha value is -1.75. The van der Waals surface area contributed by atoms with Crippen LogP contribution in [0.2, 0.25) is 0 Å². The molecule has 0 saturated carbocycles. The molecule has 0 spiro atoms. The molecule has 0 aromatic carbocycles. The van der Waals surface area contributed by atoms with E-state index < -0.39 is 10.0 Å². The average Bonchev–Trinajstić information content (AvgIpc) is 2.92. The SMILES string of the molecule is Cc1sc2nc([C@@H](C)Sc3ccc(S(=O)(=O)N4CCCCCC4)cn3)nc(N)c2c1C. The standard InChI is InChI=1S/C21H27N5O2S3/c1-13-14(2)30-21-18(13)19(22)24-20(25-21)15(3)29-17-9-8-16(12-23-17)31(27,28)26-10-6-4-5-7-11-26/h8-9,12,15H,4-7,10-11H2,1-3H3,(H2,22,24,25)/t15-/m1/s1. The van der Waals surface area contributed by atoms with Crippen molar-refractivity contribution in [3.05, 3.63) is 34.6 Å². The van der Waals surface area contributed by atoms with Crippen LogP contribution in [0.25, 0.3) is 10.2 Å². The van der Waals surface area contributed by atoms with E-state index in [0.717, 1.165) is 46.5 Å². The Morgan fingerprint density at radius 3 is 2.48 bits per heavy atom. The number of aryl methyl sites for hydroxylation is 2. The van der Waals surface area contributed by atoms with Crippen molar-refractivity contribution in [3.63, 3.8) is 0 Å². The van der Waals surface area contributed by atoms with Gasteiger partial charge in [-0.25, -0.2) is 23.4 Å². The molecule has 10 heteroatoms. The molecule has 1 fully saturated rings. The minimum Gasteiger partial charge on any atom is -0.383 e. The summed E-state index contributed by atoms with van der Waals surface area (Å²) in [6, 6.07) is 3.40. The van der Waals surface area contributed by atoms with Crippen molar-refractivity contribution in [2.24, 2.45) is 0 Å². The Morgan fingerprint density at radius 2 is 1.84 bits per heavy atom. The molecule has 0 unspecified atom stereocenters. The minimum absolute atomic E-state index is 0.0741. The van der Waals surface area contributed by atoms with Crippen LogP contribution in [0.4, 0.5) is 5.82 Å². The van der Waals surface area contributed by atoms with E-state index in [1.165, 1.54) is 22.8 Å². The van der Waals surface area contributed by atoms with Gasteiger partial charge >= 0.3 is 0 Å². The van der Waals surface area contributed by atoms with Crippen molar-refractivity contribution in [1.82, 2.24) is 19.3 Å². The molecule has 7 nitrogen and oxygen atoms in total. The molecule has 31 heavy (non-hydrogen) atoms. The van der Waals surface area contributed by atoms with Crippen LogP contribution in [-0.2, 0) is 10.0 Å². The Labute approximate surface area is 191 Å². The van der Waals surface area contributed by atoms with Crippen molar-refractivity contribution >= 4 is 49.2 Å². The Kier molecular flexibility index (Phi) is 6.52. The first-order chi connectivity index (χ1) is 14.8. The lowest BCUT2D eigenvalue weighted by atomic mass is 10.2. The topological polar surface area (TPSA) is 102 Å². The number of nitrogens with zero attached hydrogens (tertiary/aromatic N) is 4. The largest absolute Gasteiger partial charge is 0.383 e. The first-order valence-electron chi connectivity index (χ1n) is 10.4. The number of hydrogen-bond acceptors (Lipinski definition) is 8. The number of nitrogen functional groups attached to an aromatic ring is 1. The summed E-state index contributed by atoms with van der Waals surface area (Å²) in [7, 11) is -3.49. The smallest absolute Gasteiger partial charge is 0.244 e. The second-order valence-corrected chi connectivity index (χ2v) is 12.3. The van der Waals surface area contributed by atoms with Crippen LogP contribution in [-0.4, -0.2) is 40.8 Å². The maximum Gasteiger partial charge on any atom is 0.244 e. The summed E-state index contributed by atoms with van der Waals surface area (Å²) in [5.41, 5.74) is 7.34. The third-order valence-electron chi connectivity index (χ3n) is 5.65. The number of fused-ring (bicyclic) bond motifs is 1. The number of aromatic nitrogens is 3. The zero-order valence-electron chi connectivity index (χ0n) is 18.0. The summed E-state index contributed by atoms with van der Waals surface area (Å²) in [6.45, 7) is 7.26. The highest BCUT2D eigenvalue weighted by Crippen LogP contribution is 2.37. The molecule has 3 aromatic heterocycles. The lowest BCUT2D eigenvalue weighted by molar-refractivity contribution is 0.423. The van der Waals surface area contributed by atoms with E-state index >= 15 is 0 Å². The van der Waals surface area contributed by atoms with Crippen LogP contribution in [0.1, 0.15) is 54.1 Å². The summed E-state index contributed by atoms with van der Waals surface area (Å²) in [5.74, 6) is 1.15. The predicted molar refractivity (Wildman–Crippen MR) is 127 cm³/mol. The quantitative estimate of drug-likeness (QED) is 0.531. The molecule has 0 aliphatic carbocycles. The van der Waals surface area contributed by atoms with Crippen LogP contribution < -0.4 is 5.73 Å². The van der Waals surface area contributed by atoms with Crippen LogP contribution in [0, 0.1) is 13.8 Å². The van der Waals surface area contributed by atoms with Crippen molar-refractivity contribution in [2.75, 3.05) is 18.8 Å². The fraction of sp³-hybridized carbons (Fsp3) is 0.476. The number of pyridine rings is 1. The molecule has 0 amide bonds. The third-order valence-corrected chi connectivity index (χ3v) is 9.68. The van der Waals surface area contributed by atoms with Gasteiger partial charge in [0.2, 0.25) is 10.0 Å². The number of thiophene rings is 1. The molecule has 3 aromatic rings. The zero-order chi connectivity index (χ0) is 22.2. The van der Waals surface area contributed by atoms with Gasteiger partial charge in [0.25, 0.3) is 0 Å². The molecule has 1 aliphatic heterocycles. The highest BCUT2D eigenvalue weighted by atomic mass is 32.2. The second kappa shape index (κ2) is 9.01. The predicted octanol–water partition coefficient (Wildman–Crippen LogP) is 4.70. The maximum atomic E-state index is 12.9. The van der Waals surface area contributed by atoms with Gasteiger partial charge in [-0.1, -0.05) is 24.6 Å². The van der Waals surface area contributed by atoms with E-state index in [2.05, 4.69) is 16.9 Å². The van der Waals surface area contributed by atoms with E-state index in [4.69, 9.17) is 10.7 Å². The summed E-state index contributed by atoms with van der Waals surface area (Å²) < 4.78 is 27.5. The van der Waals surface area contributed by atoms with Crippen LogP contribution in [0.5, 0.6) is 0 Å². The van der Waals surface area contributed by atoms with Crippen LogP contribution in [0.15, 0.2) is 28.3 Å². The number of anilines is 1. The minimum atomic E-state index is -3.49. The molecule has 0 radical (unpaired) electrons. The summed E-state index contributed by atoms with van der Waals surface area (Å²) >= 11 is 3.11. The fourth-order valence-electron chi connectivity index (χ4n) is 3.73. The lowest BCUT2D eigenvalue weighted by Crippen LogP contribution is -2.32. The Bertz CT molecular complexity index is 1180. The monoisotopic (exact) mass is 477 g/mol. The van der Waals surface area contributed by atoms with Crippen molar-refractivity contribution in [3.8, 4) is 0 Å². The molecule has 1 atom stereocenters. The third kappa shape index (κ3) is 4.57.